The molecule has 4 aromatic rings. The molecular formula is C21H19N5O4S2. The molecule has 0 aliphatic carbocycles. The highest BCUT2D eigenvalue weighted by Gasteiger charge is 2.22. The number of ether oxygens (including phenoxy) is 2. The molecule has 1 amide bonds. The monoisotopic (exact) mass is 469 g/mol. The fourth-order valence-electron chi connectivity index (χ4n) is 3.08. The molecule has 0 radical (unpaired) electrons. The van der Waals surface area contributed by atoms with Crippen molar-refractivity contribution >= 4 is 51.0 Å². The van der Waals surface area contributed by atoms with Crippen molar-refractivity contribution in [1.82, 2.24) is 20.6 Å². The fourth-order valence-corrected chi connectivity index (χ4v) is 5.44. The van der Waals surface area contributed by atoms with Gasteiger partial charge in [0, 0.05) is 19.9 Å². The van der Waals surface area contributed by atoms with Gasteiger partial charge in [0.1, 0.15) is 10.6 Å². The van der Waals surface area contributed by atoms with Crippen LogP contribution in [0.15, 0.2) is 46.2 Å². The second kappa shape index (κ2) is 9.37. The molecule has 0 aliphatic heterocycles. The van der Waals surface area contributed by atoms with Gasteiger partial charge in [-0.3, -0.25) is 14.9 Å². The van der Waals surface area contributed by atoms with Gasteiger partial charge in [0.15, 0.2) is 0 Å². The van der Waals surface area contributed by atoms with Gasteiger partial charge in [-0.25, -0.2) is 0 Å². The van der Waals surface area contributed by atoms with Crippen molar-refractivity contribution in [2.24, 2.45) is 0 Å². The van der Waals surface area contributed by atoms with E-state index in [4.69, 9.17) is 9.47 Å². The average molecular weight is 470 g/mol. The summed E-state index contributed by atoms with van der Waals surface area (Å²) in [5.74, 6) is 0.228. The molecule has 2 aromatic heterocycles. The van der Waals surface area contributed by atoms with Gasteiger partial charge in [-0.15, -0.1) is 16.4 Å². The minimum Gasteiger partial charge on any atom is -0.496 e. The predicted molar refractivity (Wildman–Crippen MR) is 122 cm³/mol. The number of hydrogen-bond donors (Lipinski definition) is 2. The third kappa shape index (κ3) is 4.58. The zero-order valence-electron chi connectivity index (χ0n) is 17.5. The number of hydrogen-bond acceptors (Lipinski definition) is 9. The van der Waals surface area contributed by atoms with Crippen LogP contribution >= 0.6 is 23.1 Å². The van der Waals surface area contributed by atoms with Crippen molar-refractivity contribution in [1.29, 1.82) is 0 Å². The van der Waals surface area contributed by atoms with Crippen molar-refractivity contribution < 1.29 is 19.1 Å². The van der Waals surface area contributed by atoms with E-state index in [1.165, 1.54) is 30.2 Å². The van der Waals surface area contributed by atoms with Crippen LogP contribution in [0.25, 0.3) is 10.1 Å². The third-order valence-corrected chi connectivity index (χ3v) is 7.07. The molecule has 0 saturated heterocycles. The maximum Gasteiger partial charge on any atom is 0.309 e. The summed E-state index contributed by atoms with van der Waals surface area (Å²) in [6.45, 7) is 1.96. The molecule has 9 nitrogen and oxygen atoms in total. The molecule has 2 N–H and O–H groups in total. The molecule has 4 rings (SSSR count). The number of amides is 1. The summed E-state index contributed by atoms with van der Waals surface area (Å²) in [4.78, 5) is 26.8. The summed E-state index contributed by atoms with van der Waals surface area (Å²) in [6, 6.07) is 11.5. The van der Waals surface area contributed by atoms with E-state index in [0.717, 1.165) is 36.8 Å². The standard InChI is InChI=1S/C21H19N5O4S2/c1-11-8-16-14(10-15(11)29-2)18(19(32-16)20(28)22-21-23-25-26-24-21)31-13-6-4-12(5-7-13)9-17(27)30-3/h4-8,10H,9H2,1-3H3,(H2,22,23,24,25,26,28). The number of fused-ring (bicyclic) bond motifs is 1. The molecule has 32 heavy (non-hydrogen) atoms. The summed E-state index contributed by atoms with van der Waals surface area (Å²) >= 11 is 2.85. The summed E-state index contributed by atoms with van der Waals surface area (Å²) < 4.78 is 11.2. The van der Waals surface area contributed by atoms with Gasteiger partial charge in [-0.2, -0.15) is 5.21 Å². The Morgan fingerprint density at radius 3 is 2.62 bits per heavy atom. The van der Waals surface area contributed by atoms with Crippen LogP contribution in [0.5, 0.6) is 5.75 Å². The molecule has 0 atom stereocenters. The lowest BCUT2D eigenvalue weighted by Gasteiger charge is -2.08. The van der Waals surface area contributed by atoms with E-state index in [2.05, 4.69) is 25.9 Å². The minimum absolute atomic E-state index is 0.101. The van der Waals surface area contributed by atoms with Gasteiger partial charge in [-0.05, 0) is 47.5 Å². The van der Waals surface area contributed by atoms with Gasteiger partial charge in [-0.1, -0.05) is 29.0 Å². The number of anilines is 1. The lowest BCUT2D eigenvalue weighted by atomic mass is 10.1. The number of H-pyrrole nitrogens is 1. The largest absolute Gasteiger partial charge is 0.496 e. The normalized spacial score (nSPS) is 10.8. The smallest absolute Gasteiger partial charge is 0.309 e. The van der Waals surface area contributed by atoms with Gasteiger partial charge >= 0.3 is 5.97 Å². The number of nitrogens with one attached hydrogen (secondary N) is 2. The maximum absolute atomic E-state index is 13.0. The Balaban J connectivity index is 1.71. The summed E-state index contributed by atoms with van der Waals surface area (Å²) in [7, 11) is 2.99. The lowest BCUT2D eigenvalue weighted by Crippen LogP contribution is -2.12. The quantitative estimate of drug-likeness (QED) is 0.392. The molecule has 164 valence electrons. The first-order valence-electron chi connectivity index (χ1n) is 9.48. The molecule has 0 spiro atoms. The summed E-state index contributed by atoms with van der Waals surface area (Å²) in [6.07, 6.45) is 0.206. The molecule has 0 saturated carbocycles. The van der Waals surface area contributed by atoms with Crippen LogP contribution in [0.2, 0.25) is 0 Å². The van der Waals surface area contributed by atoms with Crippen LogP contribution in [0.4, 0.5) is 5.95 Å². The van der Waals surface area contributed by atoms with E-state index in [1.54, 1.807) is 7.11 Å². The van der Waals surface area contributed by atoms with E-state index >= 15 is 0 Å². The molecule has 11 heteroatoms. The SMILES string of the molecule is COC(=O)Cc1ccc(Sc2c(C(=O)Nc3nn[nH]n3)sc3cc(C)c(OC)cc23)cc1. The van der Waals surface area contributed by atoms with E-state index in [1.807, 2.05) is 43.3 Å². The number of nitrogens with zero attached hydrogens (tertiary/aromatic N) is 3. The van der Waals surface area contributed by atoms with Gasteiger partial charge < -0.3 is 9.47 Å². The topological polar surface area (TPSA) is 119 Å². The number of rotatable bonds is 7. The van der Waals surface area contributed by atoms with Crippen molar-refractivity contribution in [3.05, 3.63) is 52.4 Å². The van der Waals surface area contributed by atoms with E-state index in [9.17, 15) is 9.59 Å². The number of benzene rings is 2. The molecule has 2 aromatic carbocycles. The first-order chi connectivity index (χ1) is 15.5. The Morgan fingerprint density at radius 2 is 1.97 bits per heavy atom. The highest BCUT2D eigenvalue weighted by molar-refractivity contribution is 7.99. The second-order valence-corrected chi connectivity index (χ2v) is 8.90. The number of aromatic nitrogens is 4. The van der Waals surface area contributed by atoms with Crippen LogP contribution in [0, 0.1) is 6.92 Å². The van der Waals surface area contributed by atoms with Crippen molar-refractivity contribution in [2.75, 3.05) is 19.5 Å². The zero-order valence-corrected chi connectivity index (χ0v) is 19.1. The van der Waals surface area contributed by atoms with Crippen molar-refractivity contribution in [2.45, 2.75) is 23.1 Å². The Hall–Kier alpha value is -3.44. The number of thiophene rings is 1. The van der Waals surface area contributed by atoms with Gasteiger partial charge in [0.2, 0.25) is 0 Å². The number of carbonyl (C=O) groups is 2. The van der Waals surface area contributed by atoms with E-state index < -0.39 is 0 Å². The molecule has 0 aliphatic rings. The summed E-state index contributed by atoms with van der Waals surface area (Å²) in [5, 5.41) is 17.0. The molecule has 0 unspecified atom stereocenters. The van der Waals surface area contributed by atoms with Crippen molar-refractivity contribution in [3.8, 4) is 5.75 Å². The first kappa shape index (κ1) is 21.8. The third-order valence-electron chi connectivity index (χ3n) is 4.66. The fraction of sp³-hybridized carbons (Fsp3) is 0.190. The Bertz CT molecular complexity index is 1270. The number of carbonyl (C=O) groups excluding carboxylic acids is 2. The Labute approximate surface area is 191 Å². The van der Waals surface area contributed by atoms with Crippen LogP contribution in [-0.2, 0) is 16.0 Å². The number of aromatic amines is 1. The predicted octanol–water partition coefficient (Wildman–Crippen LogP) is 3.85. The Morgan fingerprint density at radius 1 is 1.19 bits per heavy atom. The lowest BCUT2D eigenvalue weighted by molar-refractivity contribution is -0.139. The second-order valence-electron chi connectivity index (χ2n) is 6.77. The number of tetrazole rings is 1. The molecule has 2 heterocycles. The van der Waals surface area contributed by atoms with Gasteiger partial charge in [0.05, 0.1) is 20.6 Å². The minimum atomic E-state index is -0.325. The molecule has 0 bridgehead atoms. The van der Waals surface area contributed by atoms with E-state index in [-0.39, 0.29) is 24.2 Å². The van der Waals surface area contributed by atoms with Crippen LogP contribution < -0.4 is 10.1 Å². The number of esters is 1. The zero-order chi connectivity index (χ0) is 22.7. The average Bonchev–Trinajstić information content (AvgIpc) is 3.42. The van der Waals surface area contributed by atoms with Crippen molar-refractivity contribution in [3.63, 3.8) is 0 Å². The van der Waals surface area contributed by atoms with Gasteiger partial charge in [0.25, 0.3) is 11.9 Å². The number of methoxy groups -OCH3 is 2. The van der Waals surface area contributed by atoms with Crippen LogP contribution in [0.1, 0.15) is 20.8 Å². The van der Waals surface area contributed by atoms with Crippen LogP contribution in [-0.4, -0.2) is 46.7 Å². The number of aryl methyl sites for hydroxylation is 1. The van der Waals surface area contributed by atoms with E-state index in [0.29, 0.717) is 4.88 Å². The molecular weight excluding hydrogens is 450 g/mol. The summed E-state index contributed by atoms with van der Waals surface area (Å²) in [5.41, 5.74) is 1.83. The molecule has 0 fully saturated rings. The highest BCUT2D eigenvalue weighted by Crippen LogP contribution is 2.44. The Kier molecular flexibility index (Phi) is 6.37. The van der Waals surface area contributed by atoms with Crippen LogP contribution in [0.3, 0.4) is 0 Å². The highest BCUT2D eigenvalue weighted by atomic mass is 32.2. The first-order valence-corrected chi connectivity index (χ1v) is 11.1. The maximum atomic E-state index is 13.0.